The summed E-state index contributed by atoms with van der Waals surface area (Å²) in [6.07, 6.45) is 5.30. The minimum absolute atomic E-state index is 0.263. The second-order valence-electron chi connectivity index (χ2n) is 5.15. The van der Waals surface area contributed by atoms with Gasteiger partial charge in [-0.15, -0.1) is 0 Å². The molecule has 0 aliphatic heterocycles. The molecule has 1 aromatic carbocycles. The average Bonchev–Trinajstić information content (AvgIpc) is 2.64. The predicted octanol–water partition coefficient (Wildman–Crippen LogP) is 3.81. The summed E-state index contributed by atoms with van der Waals surface area (Å²) in [6.45, 7) is 0. The maximum absolute atomic E-state index is 12.2. The Kier molecular flexibility index (Phi) is 2.28. The van der Waals surface area contributed by atoms with Crippen LogP contribution in [0.3, 0.4) is 0 Å². The first-order chi connectivity index (χ1) is 9.34. The van der Waals surface area contributed by atoms with E-state index in [1.54, 1.807) is 0 Å². The van der Waals surface area contributed by atoms with E-state index in [4.69, 9.17) is 8.83 Å². The van der Waals surface area contributed by atoms with Crippen molar-refractivity contribution in [2.75, 3.05) is 0 Å². The van der Waals surface area contributed by atoms with Gasteiger partial charge in [0.2, 0.25) is 0 Å². The SMILES string of the molecule is O=c1oc2ccccc2c2oc3c(c12)CCCCC3. The van der Waals surface area contributed by atoms with Crippen LogP contribution in [-0.2, 0) is 12.8 Å². The van der Waals surface area contributed by atoms with E-state index < -0.39 is 0 Å². The fraction of sp³-hybridized carbons (Fsp3) is 0.312. The second-order valence-corrected chi connectivity index (χ2v) is 5.15. The molecule has 0 unspecified atom stereocenters. The third-order valence-electron chi connectivity index (χ3n) is 3.96. The Hall–Kier alpha value is -2.03. The van der Waals surface area contributed by atoms with Gasteiger partial charge in [0.15, 0.2) is 5.58 Å². The van der Waals surface area contributed by atoms with Gasteiger partial charge in [0.05, 0.1) is 5.39 Å². The molecule has 0 fully saturated rings. The van der Waals surface area contributed by atoms with Crippen molar-refractivity contribution < 1.29 is 8.83 Å². The van der Waals surface area contributed by atoms with Crippen LogP contribution in [-0.4, -0.2) is 0 Å². The number of hydrogen-bond acceptors (Lipinski definition) is 3. The van der Waals surface area contributed by atoms with Gasteiger partial charge >= 0.3 is 5.63 Å². The number of para-hydroxylation sites is 1. The van der Waals surface area contributed by atoms with E-state index >= 15 is 0 Å². The molecule has 0 saturated heterocycles. The third-order valence-corrected chi connectivity index (χ3v) is 3.96. The van der Waals surface area contributed by atoms with Crippen molar-refractivity contribution in [3.63, 3.8) is 0 Å². The normalized spacial score (nSPS) is 15.6. The highest BCUT2D eigenvalue weighted by atomic mass is 16.4. The highest BCUT2D eigenvalue weighted by Crippen LogP contribution is 2.33. The van der Waals surface area contributed by atoms with Gasteiger partial charge in [-0.1, -0.05) is 18.6 Å². The summed E-state index contributed by atoms with van der Waals surface area (Å²) in [5, 5.41) is 1.56. The van der Waals surface area contributed by atoms with Gasteiger partial charge in [0, 0.05) is 12.0 Å². The summed E-state index contributed by atoms with van der Waals surface area (Å²) < 4.78 is 11.4. The molecule has 1 aliphatic rings. The monoisotopic (exact) mass is 254 g/mol. The van der Waals surface area contributed by atoms with Crippen LogP contribution in [0.1, 0.15) is 30.6 Å². The highest BCUT2D eigenvalue weighted by molar-refractivity contribution is 6.02. The maximum Gasteiger partial charge on any atom is 0.347 e. The lowest BCUT2D eigenvalue weighted by molar-refractivity contribution is 0.535. The molecule has 0 radical (unpaired) electrons. The molecule has 19 heavy (non-hydrogen) atoms. The largest absolute Gasteiger partial charge is 0.460 e. The molecule has 96 valence electrons. The molecule has 0 saturated carbocycles. The minimum Gasteiger partial charge on any atom is -0.460 e. The first-order valence-corrected chi connectivity index (χ1v) is 6.81. The van der Waals surface area contributed by atoms with Crippen LogP contribution in [0.15, 0.2) is 37.9 Å². The van der Waals surface area contributed by atoms with E-state index in [1.807, 2.05) is 24.3 Å². The quantitative estimate of drug-likeness (QED) is 0.452. The summed E-state index contributed by atoms with van der Waals surface area (Å²) in [4.78, 5) is 12.2. The van der Waals surface area contributed by atoms with Gasteiger partial charge < -0.3 is 8.83 Å². The van der Waals surface area contributed by atoms with E-state index in [0.717, 1.165) is 42.4 Å². The Morgan fingerprint density at radius 2 is 1.79 bits per heavy atom. The van der Waals surface area contributed by atoms with E-state index in [-0.39, 0.29) is 5.63 Å². The summed E-state index contributed by atoms with van der Waals surface area (Å²) in [6, 6.07) is 7.56. The lowest BCUT2D eigenvalue weighted by Gasteiger charge is -1.98. The van der Waals surface area contributed by atoms with Gasteiger partial charge in [0.1, 0.15) is 16.7 Å². The molecule has 0 N–H and O–H groups in total. The zero-order valence-corrected chi connectivity index (χ0v) is 10.6. The maximum atomic E-state index is 12.2. The van der Waals surface area contributed by atoms with Gasteiger partial charge in [-0.2, -0.15) is 0 Å². The second kappa shape index (κ2) is 3.98. The molecule has 4 rings (SSSR count). The molecule has 1 aliphatic carbocycles. The molecule has 3 nitrogen and oxygen atoms in total. The summed E-state index contributed by atoms with van der Waals surface area (Å²) in [7, 11) is 0. The lowest BCUT2D eigenvalue weighted by Crippen LogP contribution is -2.01. The zero-order valence-electron chi connectivity index (χ0n) is 10.6. The Labute approximate surface area is 109 Å². The topological polar surface area (TPSA) is 43.4 Å². The van der Waals surface area contributed by atoms with E-state index in [1.165, 1.54) is 6.42 Å². The van der Waals surface area contributed by atoms with Crippen LogP contribution < -0.4 is 5.63 Å². The number of aryl methyl sites for hydroxylation is 2. The molecule has 0 amide bonds. The molecule has 3 aromatic rings. The molecule has 2 aromatic heterocycles. The standard InChI is InChI=1S/C16H14O3/c17-16-14-10-6-2-1-3-8-12(10)18-15(14)11-7-4-5-9-13(11)19-16/h4-5,7,9H,1-3,6,8H2. The van der Waals surface area contributed by atoms with Gasteiger partial charge in [-0.25, -0.2) is 4.79 Å². The number of hydrogen-bond donors (Lipinski definition) is 0. The van der Waals surface area contributed by atoms with Crippen molar-refractivity contribution >= 4 is 21.9 Å². The van der Waals surface area contributed by atoms with Crippen LogP contribution in [0, 0.1) is 0 Å². The first kappa shape index (κ1) is 10.9. The number of fused-ring (bicyclic) bond motifs is 5. The zero-order chi connectivity index (χ0) is 12.8. The number of benzene rings is 1. The molecule has 3 heteroatoms. The molecule has 2 heterocycles. The smallest absolute Gasteiger partial charge is 0.347 e. The third kappa shape index (κ3) is 1.54. The summed E-state index contributed by atoms with van der Waals surface area (Å²) >= 11 is 0. The average molecular weight is 254 g/mol. The van der Waals surface area contributed by atoms with Crippen molar-refractivity contribution in [1.82, 2.24) is 0 Å². The number of furan rings is 1. The van der Waals surface area contributed by atoms with Gasteiger partial charge in [-0.05, 0) is 31.4 Å². The van der Waals surface area contributed by atoms with E-state index in [9.17, 15) is 4.79 Å². The van der Waals surface area contributed by atoms with Crippen molar-refractivity contribution in [1.29, 1.82) is 0 Å². The fourth-order valence-electron chi connectivity index (χ4n) is 3.04. The molecule has 0 spiro atoms. The van der Waals surface area contributed by atoms with Crippen molar-refractivity contribution in [3.8, 4) is 0 Å². The van der Waals surface area contributed by atoms with Gasteiger partial charge in [0.25, 0.3) is 0 Å². The Morgan fingerprint density at radius 1 is 0.947 bits per heavy atom. The van der Waals surface area contributed by atoms with Crippen molar-refractivity contribution in [3.05, 3.63) is 46.0 Å². The van der Waals surface area contributed by atoms with Crippen LogP contribution in [0.5, 0.6) is 0 Å². The van der Waals surface area contributed by atoms with Gasteiger partial charge in [-0.3, -0.25) is 0 Å². The minimum atomic E-state index is -0.263. The van der Waals surface area contributed by atoms with Crippen LogP contribution in [0.25, 0.3) is 21.9 Å². The Balaban J connectivity index is 2.18. The van der Waals surface area contributed by atoms with Crippen molar-refractivity contribution in [2.45, 2.75) is 32.1 Å². The first-order valence-electron chi connectivity index (χ1n) is 6.81. The highest BCUT2D eigenvalue weighted by Gasteiger charge is 2.21. The molecular weight excluding hydrogens is 240 g/mol. The summed E-state index contributed by atoms with van der Waals surface area (Å²) in [5.41, 5.74) is 2.12. The number of rotatable bonds is 0. The Bertz CT molecular complexity index is 823. The van der Waals surface area contributed by atoms with E-state index in [2.05, 4.69) is 0 Å². The summed E-state index contributed by atoms with van der Waals surface area (Å²) in [5.74, 6) is 0.983. The molecular formula is C16H14O3. The molecule has 0 atom stereocenters. The van der Waals surface area contributed by atoms with Crippen LogP contribution in [0.4, 0.5) is 0 Å². The van der Waals surface area contributed by atoms with Crippen molar-refractivity contribution in [2.24, 2.45) is 0 Å². The Morgan fingerprint density at radius 3 is 2.74 bits per heavy atom. The predicted molar refractivity (Wildman–Crippen MR) is 73.5 cm³/mol. The van der Waals surface area contributed by atoms with E-state index in [0.29, 0.717) is 16.6 Å². The van der Waals surface area contributed by atoms with Crippen LogP contribution in [0.2, 0.25) is 0 Å². The lowest BCUT2D eigenvalue weighted by atomic mass is 10.1. The molecule has 0 bridgehead atoms. The fourth-order valence-corrected chi connectivity index (χ4v) is 3.04. The van der Waals surface area contributed by atoms with Crippen LogP contribution >= 0.6 is 0 Å².